The highest BCUT2D eigenvalue weighted by molar-refractivity contribution is 7.99. The second kappa shape index (κ2) is 7.39. The second-order valence-electron chi connectivity index (χ2n) is 5.26. The van der Waals surface area contributed by atoms with E-state index in [0.29, 0.717) is 11.1 Å². The summed E-state index contributed by atoms with van der Waals surface area (Å²) in [6, 6.07) is -0.266. The molecule has 9 heteroatoms. The number of rotatable bonds is 4. The number of aryl methyl sites for hydroxylation is 1. The van der Waals surface area contributed by atoms with Crippen molar-refractivity contribution in [1.29, 1.82) is 0 Å². The quantitative estimate of drug-likeness (QED) is 0.794. The molecule has 2 atom stereocenters. The predicted octanol–water partition coefficient (Wildman–Crippen LogP) is 0.707. The Hall–Kier alpha value is -1.64. The summed E-state index contributed by atoms with van der Waals surface area (Å²) in [7, 11) is 1.69. The van der Waals surface area contributed by atoms with Crippen molar-refractivity contribution in [2.75, 3.05) is 5.75 Å². The average molecular weight is 312 g/mol. The molecule has 0 bridgehead atoms. The molecule has 21 heavy (non-hydrogen) atoms. The van der Waals surface area contributed by atoms with Gasteiger partial charge >= 0.3 is 6.03 Å². The Labute approximate surface area is 127 Å². The van der Waals surface area contributed by atoms with E-state index in [0.717, 1.165) is 19.3 Å². The SMILES string of the molecule is C[C@H]1CCCC[C@@H]1NC(=O)NC(=O)CSc1nnnn1C. The van der Waals surface area contributed by atoms with Gasteiger partial charge in [0, 0.05) is 13.1 Å². The Morgan fingerprint density at radius 2 is 2.14 bits per heavy atom. The fraction of sp³-hybridized carbons (Fsp3) is 0.750. The molecule has 1 heterocycles. The van der Waals surface area contributed by atoms with E-state index in [4.69, 9.17) is 0 Å². The second-order valence-corrected chi connectivity index (χ2v) is 6.21. The van der Waals surface area contributed by atoms with E-state index in [2.05, 4.69) is 33.1 Å². The molecule has 1 aromatic rings. The van der Waals surface area contributed by atoms with Crippen LogP contribution in [0.15, 0.2) is 5.16 Å². The van der Waals surface area contributed by atoms with Gasteiger partial charge in [0.05, 0.1) is 5.75 Å². The third kappa shape index (κ3) is 4.69. The number of carbonyl (C=O) groups excluding carboxylic acids is 2. The summed E-state index contributed by atoms with van der Waals surface area (Å²) < 4.78 is 1.47. The Bertz CT molecular complexity index is 506. The maximum atomic E-state index is 11.8. The van der Waals surface area contributed by atoms with Gasteiger partial charge in [-0.2, -0.15) is 0 Å². The normalized spacial score (nSPS) is 21.8. The number of imide groups is 1. The summed E-state index contributed by atoms with van der Waals surface area (Å²) in [5.74, 6) is 0.199. The van der Waals surface area contributed by atoms with Crippen LogP contribution >= 0.6 is 11.8 Å². The Balaban J connectivity index is 1.72. The molecule has 0 radical (unpaired) electrons. The summed E-state index contributed by atoms with van der Waals surface area (Å²) in [5.41, 5.74) is 0. The molecule has 0 unspecified atom stereocenters. The third-order valence-corrected chi connectivity index (χ3v) is 4.61. The first kappa shape index (κ1) is 15.7. The Morgan fingerprint density at radius 3 is 2.81 bits per heavy atom. The van der Waals surface area contributed by atoms with Crippen molar-refractivity contribution in [1.82, 2.24) is 30.8 Å². The molecule has 0 spiro atoms. The molecule has 2 N–H and O–H groups in total. The van der Waals surface area contributed by atoms with Gasteiger partial charge in [-0.3, -0.25) is 10.1 Å². The monoisotopic (exact) mass is 312 g/mol. The van der Waals surface area contributed by atoms with Crippen molar-refractivity contribution in [2.45, 2.75) is 43.8 Å². The molecule has 2 rings (SSSR count). The van der Waals surface area contributed by atoms with Gasteiger partial charge in [-0.1, -0.05) is 31.5 Å². The molecule has 3 amide bonds. The zero-order valence-electron chi connectivity index (χ0n) is 12.2. The lowest BCUT2D eigenvalue weighted by Crippen LogP contribution is -2.48. The first-order valence-electron chi connectivity index (χ1n) is 7.01. The van der Waals surface area contributed by atoms with Crippen LogP contribution in [0.3, 0.4) is 0 Å². The van der Waals surface area contributed by atoms with Gasteiger partial charge in [0.25, 0.3) is 0 Å². The van der Waals surface area contributed by atoms with Crippen molar-refractivity contribution in [2.24, 2.45) is 13.0 Å². The van der Waals surface area contributed by atoms with Crippen LogP contribution in [0.1, 0.15) is 32.6 Å². The van der Waals surface area contributed by atoms with Crippen molar-refractivity contribution in [3.8, 4) is 0 Å². The molecule has 1 saturated carbocycles. The van der Waals surface area contributed by atoms with Crippen LogP contribution in [0.25, 0.3) is 0 Å². The maximum absolute atomic E-state index is 11.8. The molecule has 116 valence electrons. The summed E-state index contributed by atoms with van der Waals surface area (Å²) in [6.07, 6.45) is 4.43. The fourth-order valence-electron chi connectivity index (χ4n) is 2.37. The summed E-state index contributed by atoms with van der Waals surface area (Å²) >= 11 is 1.19. The van der Waals surface area contributed by atoms with Gasteiger partial charge < -0.3 is 5.32 Å². The van der Waals surface area contributed by atoms with Gasteiger partial charge in [0.1, 0.15) is 0 Å². The standard InChI is InChI=1S/C12H20N6O2S/c1-8-5-3-4-6-9(8)13-11(20)14-10(19)7-21-12-15-16-17-18(12)2/h8-9H,3-7H2,1-2H3,(H2,13,14,19,20)/t8-,9-/m0/s1. The minimum Gasteiger partial charge on any atom is -0.335 e. The summed E-state index contributed by atoms with van der Waals surface area (Å²) in [6.45, 7) is 2.13. The van der Waals surface area contributed by atoms with Crippen molar-refractivity contribution >= 4 is 23.7 Å². The van der Waals surface area contributed by atoms with Gasteiger partial charge in [-0.15, -0.1) is 5.10 Å². The highest BCUT2D eigenvalue weighted by Gasteiger charge is 2.23. The van der Waals surface area contributed by atoms with Crippen LogP contribution in [-0.2, 0) is 11.8 Å². The van der Waals surface area contributed by atoms with E-state index in [1.165, 1.54) is 22.9 Å². The van der Waals surface area contributed by atoms with Crippen LogP contribution in [0.5, 0.6) is 0 Å². The van der Waals surface area contributed by atoms with Gasteiger partial charge in [0.2, 0.25) is 11.1 Å². The topological polar surface area (TPSA) is 102 Å². The number of tetrazole rings is 1. The molecule has 0 aliphatic heterocycles. The number of nitrogens with one attached hydrogen (secondary N) is 2. The van der Waals surface area contributed by atoms with Gasteiger partial charge in [0.15, 0.2) is 0 Å². The lowest BCUT2D eigenvalue weighted by atomic mass is 9.86. The van der Waals surface area contributed by atoms with Crippen molar-refractivity contribution in [3.63, 3.8) is 0 Å². The van der Waals surface area contributed by atoms with Crippen LogP contribution in [0.2, 0.25) is 0 Å². The first-order valence-corrected chi connectivity index (χ1v) is 8.00. The average Bonchev–Trinajstić information content (AvgIpc) is 2.84. The van der Waals surface area contributed by atoms with E-state index < -0.39 is 6.03 Å². The molecule has 0 saturated heterocycles. The third-order valence-electron chi connectivity index (χ3n) is 3.59. The van der Waals surface area contributed by atoms with E-state index in [1.807, 2.05) is 0 Å². The molecule has 1 fully saturated rings. The maximum Gasteiger partial charge on any atom is 0.321 e. The molecule has 1 aromatic heterocycles. The van der Waals surface area contributed by atoms with Crippen LogP contribution in [-0.4, -0.2) is 43.9 Å². The molecular weight excluding hydrogens is 292 g/mol. The smallest absolute Gasteiger partial charge is 0.321 e. The Morgan fingerprint density at radius 1 is 1.38 bits per heavy atom. The van der Waals surface area contributed by atoms with Crippen LogP contribution in [0.4, 0.5) is 4.79 Å². The van der Waals surface area contributed by atoms with E-state index in [1.54, 1.807) is 7.05 Å². The lowest BCUT2D eigenvalue weighted by molar-refractivity contribution is -0.117. The Kier molecular flexibility index (Phi) is 5.54. The molecule has 0 aromatic carbocycles. The summed E-state index contributed by atoms with van der Waals surface area (Å²) in [5, 5.41) is 16.7. The number of hydrogen-bond acceptors (Lipinski definition) is 6. The van der Waals surface area contributed by atoms with Gasteiger partial charge in [-0.05, 0) is 29.2 Å². The number of aromatic nitrogens is 4. The van der Waals surface area contributed by atoms with Crippen LogP contribution in [0, 0.1) is 5.92 Å². The number of amides is 3. The number of thioether (sulfide) groups is 1. The summed E-state index contributed by atoms with van der Waals surface area (Å²) in [4.78, 5) is 23.5. The minimum atomic E-state index is -0.421. The van der Waals surface area contributed by atoms with E-state index >= 15 is 0 Å². The zero-order valence-corrected chi connectivity index (χ0v) is 13.0. The number of urea groups is 1. The van der Waals surface area contributed by atoms with Crippen LogP contribution < -0.4 is 10.6 Å². The van der Waals surface area contributed by atoms with E-state index in [9.17, 15) is 9.59 Å². The number of nitrogens with zero attached hydrogens (tertiary/aromatic N) is 4. The minimum absolute atomic E-state index is 0.0991. The first-order chi connectivity index (χ1) is 10.1. The lowest BCUT2D eigenvalue weighted by Gasteiger charge is -2.29. The number of carbonyl (C=O) groups is 2. The van der Waals surface area contributed by atoms with Crippen molar-refractivity contribution in [3.05, 3.63) is 0 Å². The highest BCUT2D eigenvalue weighted by Crippen LogP contribution is 2.23. The number of hydrogen-bond donors (Lipinski definition) is 2. The van der Waals surface area contributed by atoms with E-state index in [-0.39, 0.29) is 17.7 Å². The van der Waals surface area contributed by atoms with Gasteiger partial charge in [-0.25, -0.2) is 9.48 Å². The van der Waals surface area contributed by atoms with Crippen molar-refractivity contribution < 1.29 is 9.59 Å². The molecule has 1 aliphatic rings. The fourth-order valence-corrected chi connectivity index (χ4v) is 3.02. The molecular formula is C12H20N6O2S. The molecule has 8 nitrogen and oxygen atoms in total. The zero-order chi connectivity index (χ0) is 15.2. The molecule has 1 aliphatic carbocycles. The largest absolute Gasteiger partial charge is 0.335 e. The predicted molar refractivity (Wildman–Crippen MR) is 77.6 cm³/mol. The highest BCUT2D eigenvalue weighted by atomic mass is 32.2.